The smallest absolute Gasteiger partial charge is 0.326 e. The average Bonchev–Trinajstić information content (AvgIpc) is 3.24. The Morgan fingerprint density at radius 3 is 2.00 bits per heavy atom. The number of carbonyl (C=O) groups excluding carboxylic acids is 4. The lowest BCUT2D eigenvalue weighted by molar-refractivity contribution is -0.147. The number of H-pyrrole nitrogens is 1. The minimum absolute atomic E-state index is 0.0757. The molecule has 10 N–H and O–H groups in total. The van der Waals surface area contributed by atoms with Gasteiger partial charge < -0.3 is 42.6 Å². The minimum atomic E-state index is -1.82. The SMILES string of the molecule is CC(C)CC(N)C(=O)NC(Cc1cnc[nH]1)C(=O)NC(CC(N)=O)C(=O)NC(CC(=O)O)C(=O)O. The third kappa shape index (κ3) is 10.6. The molecule has 15 heteroatoms. The zero-order chi connectivity index (χ0) is 26.7. The Kier molecular flexibility index (Phi) is 11.3. The maximum atomic E-state index is 13.0. The summed E-state index contributed by atoms with van der Waals surface area (Å²) in [6, 6.07) is -5.62. The molecule has 0 saturated heterocycles. The highest BCUT2D eigenvalue weighted by Gasteiger charge is 2.32. The fraction of sp³-hybridized carbons (Fsp3) is 0.550. The van der Waals surface area contributed by atoms with Gasteiger partial charge in [0.05, 0.1) is 25.2 Å². The van der Waals surface area contributed by atoms with E-state index in [9.17, 15) is 28.8 Å². The van der Waals surface area contributed by atoms with Crippen LogP contribution in [-0.4, -0.2) is 79.9 Å². The summed E-state index contributed by atoms with van der Waals surface area (Å²) in [7, 11) is 0. The van der Waals surface area contributed by atoms with Crippen molar-refractivity contribution >= 4 is 35.6 Å². The Balaban J connectivity index is 3.07. The van der Waals surface area contributed by atoms with Gasteiger partial charge in [-0.05, 0) is 12.3 Å². The van der Waals surface area contributed by atoms with Crippen LogP contribution in [0.3, 0.4) is 0 Å². The Hall–Kier alpha value is -4.01. The van der Waals surface area contributed by atoms with E-state index >= 15 is 0 Å². The number of carbonyl (C=O) groups is 6. The molecule has 0 radical (unpaired) electrons. The number of aromatic amines is 1. The van der Waals surface area contributed by atoms with E-state index in [1.165, 1.54) is 12.5 Å². The van der Waals surface area contributed by atoms with Gasteiger partial charge in [0.1, 0.15) is 18.1 Å². The summed E-state index contributed by atoms with van der Waals surface area (Å²) in [5, 5.41) is 24.7. The standard InChI is InChI=1S/C20H31N7O8/c1-9(2)3-11(21)17(31)25-12(4-10-7-23-8-24-10)18(32)26-13(5-15(22)28)19(33)27-14(20(34)35)6-16(29)30/h7-9,11-14H,3-6,21H2,1-2H3,(H2,22,28)(H,23,24)(H,25,31)(H,26,32)(H,27,33)(H,29,30)(H,34,35). The predicted octanol–water partition coefficient (Wildman–Crippen LogP) is -2.79. The zero-order valence-electron chi connectivity index (χ0n) is 19.3. The average molecular weight is 498 g/mol. The Morgan fingerprint density at radius 2 is 1.51 bits per heavy atom. The molecule has 4 unspecified atom stereocenters. The van der Waals surface area contributed by atoms with E-state index in [1.807, 2.05) is 19.2 Å². The zero-order valence-corrected chi connectivity index (χ0v) is 19.3. The van der Waals surface area contributed by atoms with Crippen molar-refractivity contribution in [2.45, 2.75) is 63.7 Å². The second kappa shape index (κ2) is 13.6. The van der Waals surface area contributed by atoms with Crippen molar-refractivity contribution < 1.29 is 39.0 Å². The molecule has 0 aliphatic carbocycles. The van der Waals surface area contributed by atoms with Gasteiger partial charge in [-0.2, -0.15) is 0 Å². The van der Waals surface area contributed by atoms with E-state index in [0.717, 1.165) is 0 Å². The fourth-order valence-corrected chi connectivity index (χ4v) is 3.05. The highest BCUT2D eigenvalue weighted by atomic mass is 16.4. The van der Waals surface area contributed by atoms with Gasteiger partial charge in [0.15, 0.2) is 0 Å². The number of hydrogen-bond donors (Lipinski definition) is 8. The molecule has 0 aromatic carbocycles. The summed E-state index contributed by atoms with van der Waals surface area (Å²) >= 11 is 0. The number of nitrogens with one attached hydrogen (secondary N) is 4. The van der Waals surface area contributed by atoms with Crippen molar-refractivity contribution in [1.29, 1.82) is 0 Å². The second-order valence-corrected chi connectivity index (χ2v) is 8.31. The molecule has 1 heterocycles. The lowest BCUT2D eigenvalue weighted by Crippen LogP contribution is -2.58. The first-order valence-corrected chi connectivity index (χ1v) is 10.7. The molecule has 0 aliphatic heterocycles. The molecule has 35 heavy (non-hydrogen) atoms. The quantitative estimate of drug-likeness (QED) is 0.123. The summed E-state index contributed by atoms with van der Waals surface area (Å²) < 4.78 is 0. The van der Waals surface area contributed by atoms with E-state index < -0.39 is 72.6 Å². The molecule has 0 saturated carbocycles. The number of rotatable bonds is 15. The summed E-state index contributed by atoms with van der Waals surface area (Å²) in [4.78, 5) is 78.3. The molecule has 0 aliphatic rings. The maximum absolute atomic E-state index is 13.0. The van der Waals surface area contributed by atoms with Gasteiger partial charge in [-0.1, -0.05) is 13.8 Å². The third-order valence-electron chi connectivity index (χ3n) is 4.71. The van der Waals surface area contributed by atoms with Gasteiger partial charge in [0.25, 0.3) is 0 Å². The topological polar surface area (TPSA) is 260 Å². The largest absolute Gasteiger partial charge is 0.481 e. The molecule has 15 nitrogen and oxygen atoms in total. The Morgan fingerprint density at radius 1 is 0.943 bits per heavy atom. The lowest BCUT2D eigenvalue weighted by Gasteiger charge is -2.24. The number of nitrogens with two attached hydrogens (primary N) is 2. The molecule has 4 amide bonds. The van der Waals surface area contributed by atoms with E-state index in [1.54, 1.807) is 0 Å². The van der Waals surface area contributed by atoms with E-state index in [4.69, 9.17) is 21.7 Å². The third-order valence-corrected chi connectivity index (χ3v) is 4.71. The Labute approximate surface area is 200 Å². The number of imidazole rings is 1. The lowest BCUT2D eigenvalue weighted by atomic mass is 10.0. The van der Waals surface area contributed by atoms with Gasteiger partial charge >= 0.3 is 11.9 Å². The van der Waals surface area contributed by atoms with E-state index in [0.29, 0.717) is 12.1 Å². The molecule has 0 fully saturated rings. The number of carboxylic acids is 2. The van der Waals surface area contributed by atoms with Gasteiger partial charge in [-0.15, -0.1) is 0 Å². The van der Waals surface area contributed by atoms with Gasteiger partial charge in [-0.25, -0.2) is 9.78 Å². The molecule has 194 valence electrons. The van der Waals surface area contributed by atoms with Crippen molar-refractivity contribution in [2.24, 2.45) is 17.4 Å². The van der Waals surface area contributed by atoms with Crippen LogP contribution in [0.4, 0.5) is 0 Å². The summed E-state index contributed by atoms with van der Waals surface area (Å²) in [6.07, 6.45) is 1.38. The maximum Gasteiger partial charge on any atom is 0.326 e. The Bertz CT molecular complexity index is 919. The first kappa shape index (κ1) is 29.0. The number of aliphatic carboxylic acids is 2. The van der Waals surface area contributed by atoms with Crippen LogP contribution in [0.25, 0.3) is 0 Å². The summed E-state index contributed by atoms with van der Waals surface area (Å²) in [5.41, 5.74) is 11.5. The monoisotopic (exact) mass is 497 g/mol. The molecular formula is C20H31N7O8. The predicted molar refractivity (Wildman–Crippen MR) is 119 cm³/mol. The fourth-order valence-electron chi connectivity index (χ4n) is 3.05. The van der Waals surface area contributed by atoms with Crippen molar-refractivity contribution in [3.8, 4) is 0 Å². The molecular weight excluding hydrogens is 466 g/mol. The van der Waals surface area contributed by atoms with Gasteiger partial charge in [0.2, 0.25) is 23.6 Å². The minimum Gasteiger partial charge on any atom is -0.481 e. The molecule has 1 aromatic rings. The van der Waals surface area contributed by atoms with Crippen molar-refractivity contribution in [3.05, 3.63) is 18.2 Å². The van der Waals surface area contributed by atoms with Crippen LogP contribution in [0, 0.1) is 5.92 Å². The van der Waals surface area contributed by atoms with Gasteiger partial charge in [-0.3, -0.25) is 24.0 Å². The van der Waals surface area contributed by atoms with Crippen LogP contribution < -0.4 is 27.4 Å². The van der Waals surface area contributed by atoms with Crippen LogP contribution in [-0.2, 0) is 35.2 Å². The number of nitrogens with zero attached hydrogens (tertiary/aromatic N) is 1. The highest BCUT2D eigenvalue weighted by molar-refractivity contribution is 5.96. The molecule has 1 rings (SSSR count). The summed E-state index contributed by atoms with van der Waals surface area (Å²) in [6.45, 7) is 3.73. The number of hydrogen-bond acceptors (Lipinski definition) is 8. The van der Waals surface area contributed by atoms with E-state index in [2.05, 4.69) is 20.6 Å². The first-order valence-electron chi connectivity index (χ1n) is 10.7. The molecule has 1 aromatic heterocycles. The van der Waals surface area contributed by atoms with Crippen molar-refractivity contribution in [3.63, 3.8) is 0 Å². The number of primary amides is 1. The van der Waals surface area contributed by atoms with E-state index in [-0.39, 0.29) is 12.3 Å². The number of aromatic nitrogens is 2. The number of carboxylic acid groups (broad SMARTS) is 2. The second-order valence-electron chi connectivity index (χ2n) is 8.31. The number of amides is 4. The normalized spacial score (nSPS) is 14.3. The van der Waals surface area contributed by atoms with Crippen LogP contribution in [0.1, 0.15) is 38.8 Å². The summed E-state index contributed by atoms with van der Waals surface area (Å²) in [5.74, 6) is -6.68. The van der Waals surface area contributed by atoms with Crippen molar-refractivity contribution in [1.82, 2.24) is 25.9 Å². The van der Waals surface area contributed by atoms with Crippen LogP contribution >= 0.6 is 0 Å². The van der Waals surface area contributed by atoms with Crippen LogP contribution in [0.15, 0.2) is 12.5 Å². The first-order chi connectivity index (χ1) is 16.3. The van der Waals surface area contributed by atoms with Crippen molar-refractivity contribution in [2.75, 3.05) is 0 Å². The van der Waals surface area contributed by atoms with Gasteiger partial charge in [0, 0.05) is 18.3 Å². The molecule has 0 bridgehead atoms. The van der Waals surface area contributed by atoms with Crippen LogP contribution in [0.2, 0.25) is 0 Å². The molecule has 0 spiro atoms. The highest BCUT2D eigenvalue weighted by Crippen LogP contribution is 2.06. The van der Waals surface area contributed by atoms with Crippen LogP contribution in [0.5, 0.6) is 0 Å². The molecule has 4 atom stereocenters.